The Morgan fingerprint density at radius 1 is 1.43 bits per heavy atom. The highest BCUT2D eigenvalue weighted by molar-refractivity contribution is 5.77. The van der Waals surface area contributed by atoms with Gasteiger partial charge in [-0.2, -0.15) is 0 Å². The van der Waals surface area contributed by atoms with Crippen LogP contribution in [0.4, 0.5) is 0 Å². The highest BCUT2D eigenvalue weighted by Crippen LogP contribution is 2.10. The second-order valence-electron chi connectivity index (χ2n) is 4.78. The molecule has 0 saturated heterocycles. The first-order valence-corrected chi connectivity index (χ1v) is 5.36. The smallest absolute Gasteiger partial charge is 0.220 e. The van der Waals surface area contributed by atoms with E-state index in [1.807, 2.05) is 20.8 Å². The first-order chi connectivity index (χ1) is 6.29. The van der Waals surface area contributed by atoms with Crippen molar-refractivity contribution in [2.24, 2.45) is 11.7 Å². The number of nitrogens with one attached hydrogen (secondary N) is 1. The summed E-state index contributed by atoms with van der Waals surface area (Å²) < 4.78 is 0. The Morgan fingerprint density at radius 2 is 1.93 bits per heavy atom. The lowest BCUT2D eigenvalue weighted by Crippen LogP contribution is -2.54. The SMILES string of the molecule is CCC(C)CC(=O)NC(C)(C)C(C)N. The molecule has 2 atom stereocenters. The lowest BCUT2D eigenvalue weighted by molar-refractivity contribution is -0.123. The third kappa shape index (κ3) is 4.61. The topological polar surface area (TPSA) is 55.1 Å². The van der Waals surface area contributed by atoms with Gasteiger partial charge in [-0.1, -0.05) is 20.3 Å². The van der Waals surface area contributed by atoms with Gasteiger partial charge in [-0.05, 0) is 26.7 Å². The monoisotopic (exact) mass is 200 g/mol. The summed E-state index contributed by atoms with van der Waals surface area (Å²) in [5.74, 6) is 0.542. The Balaban J connectivity index is 4.06. The molecule has 3 nitrogen and oxygen atoms in total. The number of rotatable bonds is 5. The number of carbonyl (C=O) groups excluding carboxylic acids is 1. The second-order valence-corrected chi connectivity index (χ2v) is 4.78. The zero-order valence-electron chi connectivity index (χ0n) is 10.1. The van der Waals surface area contributed by atoms with Crippen molar-refractivity contribution in [1.29, 1.82) is 0 Å². The predicted molar refractivity (Wildman–Crippen MR) is 59.9 cm³/mol. The van der Waals surface area contributed by atoms with Gasteiger partial charge >= 0.3 is 0 Å². The molecular weight excluding hydrogens is 176 g/mol. The van der Waals surface area contributed by atoms with Crippen LogP contribution in [0.1, 0.15) is 47.5 Å². The van der Waals surface area contributed by atoms with Crippen LogP contribution in [-0.4, -0.2) is 17.5 Å². The van der Waals surface area contributed by atoms with Crippen LogP contribution in [-0.2, 0) is 4.79 Å². The molecule has 0 heterocycles. The molecule has 2 unspecified atom stereocenters. The fraction of sp³-hybridized carbons (Fsp3) is 0.909. The van der Waals surface area contributed by atoms with E-state index in [2.05, 4.69) is 19.2 Å². The Bertz CT molecular complexity index is 188. The highest BCUT2D eigenvalue weighted by Gasteiger charge is 2.24. The van der Waals surface area contributed by atoms with Crippen molar-refractivity contribution in [3.8, 4) is 0 Å². The number of amides is 1. The molecule has 0 aromatic heterocycles. The Hall–Kier alpha value is -0.570. The number of nitrogens with two attached hydrogens (primary N) is 1. The predicted octanol–water partition coefficient (Wildman–Crippen LogP) is 1.66. The van der Waals surface area contributed by atoms with Crippen LogP contribution in [0.3, 0.4) is 0 Å². The maximum absolute atomic E-state index is 11.6. The summed E-state index contributed by atoms with van der Waals surface area (Å²) in [4.78, 5) is 11.6. The summed E-state index contributed by atoms with van der Waals surface area (Å²) in [5, 5.41) is 2.96. The van der Waals surface area contributed by atoms with E-state index in [0.29, 0.717) is 12.3 Å². The van der Waals surface area contributed by atoms with E-state index in [0.717, 1.165) is 6.42 Å². The van der Waals surface area contributed by atoms with E-state index in [1.54, 1.807) is 0 Å². The Kier molecular flexibility index (Phi) is 5.13. The fourth-order valence-electron chi connectivity index (χ4n) is 0.985. The van der Waals surface area contributed by atoms with Crippen molar-refractivity contribution in [1.82, 2.24) is 5.32 Å². The normalized spacial score (nSPS) is 16.1. The minimum atomic E-state index is -0.315. The standard InChI is InChI=1S/C11H24N2O/c1-6-8(2)7-10(14)13-11(4,5)9(3)12/h8-9H,6-7,12H2,1-5H3,(H,13,14). The molecule has 0 fully saturated rings. The largest absolute Gasteiger partial charge is 0.350 e. The lowest BCUT2D eigenvalue weighted by Gasteiger charge is -2.30. The van der Waals surface area contributed by atoms with Gasteiger partial charge in [0.15, 0.2) is 0 Å². The van der Waals surface area contributed by atoms with E-state index in [9.17, 15) is 4.79 Å². The maximum atomic E-state index is 11.6. The van der Waals surface area contributed by atoms with Crippen molar-refractivity contribution >= 4 is 5.91 Å². The minimum Gasteiger partial charge on any atom is -0.350 e. The molecule has 0 aromatic carbocycles. The van der Waals surface area contributed by atoms with Crippen LogP contribution in [0.2, 0.25) is 0 Å². The molecule has 3 heteroatoms. The summed E-state index contributed by atoms with van der Waals surface area (Å²) in [6.45, 7) is 9.98. The van der Waals surface area contributed by atoms with Crippen LogP contribution in [0.5, 0.6) is 0 Å². The summed E-state index contributed by atoms with van der Waals surface area (Å²) in [7, 11) is 0. The molecule has 0 radical (unpaired) electrons. The van der Waals surface area contributed by atoms with Crippen LogP contribution in [0.25, 0.3) is 0 Å². The van der Waals surface area contributed by atoms with Crippen LogP contribution >= 0.6 is 0 Å². The van der Waals surface area contributed by atoms with Gasteiger partial charge in [0.1, 0.15) is 0 Å². The van der Waals surface area contributed by atoms with Crippen molar-refractivity contribution in [3.63, 3.8) is 0 Å². The molecule has 0 aromatic rings. The Labute approximate surface area is 87.4 Å². The molecule has 84 valence electrons. The van der Waals surface area contributed by atoms with Gasteiger partial charge in [-0.15, -0.1) is 0 Å². The molecule has 3 N–H and O–H groups in total. The highest BCUT2D eigenvalue weighted by atomic mass is 16.1. The van der Waals surface area contributed by atoms with Crippen molar-refractivity contribution in [3.05, 3.63) is 0 Å². The summed E-state index contributed by atoms with van der Waals surface area (Å²) in [6, 6.07) is -0.0385. The fourth-order valence-corrected chi connectivity index (χ4v) is 0.985. The molecule has 0 aliphatic heterocycles. The Morgan fingerprint density at radius 3 is 2.29 bits per heavy atom. The first kappa shape index (κ1) is 13.4. The maximum Gasteiger partial charge on any atom is 0.220 e. The van der Waals surface area contributed by atoms with E-state index < -0.39 is 0 Å². The lowest BCUT2D eigenvalue weighted by atomic mass is 9.95. The van der Waals surface area contributed by atoms with Gasteiger partial charge in [0.05, 0.1) is 0 Å². The van der Waals surface area contributed by atoms with Gasteiger partial charge in [0, 0.05) is 18.0 Å². The molecule has 0 aliphatic rings. The van der Waals surface area contributed by atoms with E-state index in [4.69, 9.17) is 5.73 Å². The first-order valence-electron chi connectivity index (χ1n) is 5.36. The van der Waals surface area contributed by atoms with E-state index in [1.165, 1.54) is 0 Å². The molecule has 1 amide bonds. The van der Waals surface area contributed by atoms with Gasteiger partial charge in [-0.3, -0.25) is 4.79 Å². The molecule has 0 aliphatic carbocycles. The van der Waals surface area contributed by atoms with Crippen molar-refractivity contribution in [2.45, 2.75) is 59.0 Å². The zero-order valence-corrected chi connectivity index (χ0v) is 10.1. The molecule has 0 spiro atoms. The molecular formula is C11H24N2O. The van der Waals surface area contributed by atoms with Gasteiger partial charge in [-0.25, -0.2) is 0 Å². The summed E-state index contributed by atoms with van der Waals surface area (Å²) in [5.41, 5.74) is 5.45. The molecule has 0 rings (SSSR count). The number of hydrogen-bond acceptors (Lipinski definition) is 2. The average Bonchev–Trinajstić information content (AvgIpc) is 2.02. The molecule has 0 bridgehead atoms. The number of carbonyl (C=O) groups is 1. The van der Waals surface area contributed by atoms with E-state index in [-0.39, 0.29) is 17.5 Å². The van der Waals surface area contributed by atoms with Gasteiger partial charge in [0.25, 0.3) is 0 Å². The zero-order chi connectivity index (χ0) is 11.4. The minimum absolute atomic E-state index is 0.0385. The summed E-state index contributed by atoms with van der Waals surface area (Å²) in [6.07, 6.45) is 1.62. The average molecular weight is 200 g/mol. The third-order valence-corrected chi connectivity index (χ3v) is 2.83. The van der Waals surface area contributed by atoms with Crippen LogP contribution in [0.15, 0.2) is 0 Å². The summed E-state index contributed by atoms with van der Waals surface area (Å²) >= 11 is 0. The number of hydrogen-bond donors (Lipinski definition) is 2. The van der Waals surface area contributed by atoms with E-state index >= 15 is 0 Å². The quantitative estimate of drug-likeness (QED) is 0.709. The van der Waals surface area contributed by atoms with Gasteiger partial charge < -0.3 is 11.1 Å². The third-order valence-electron chi connectivity index (χ3n) is 2.83. The second kappa shape index (κ2) is 5.35. The molecule has 0 saturated carbocycles. The van der Waals surface area contributed by atoms with Crippen molar-refractivity contribution < 1.29 is 4.79 Å². The van der Waals surface area contributed by atoms with Crippen LogP contribution < -0.4 is 11.1 Å². The van der Waals surface area contributed by atoms with Crippen LogP contribution in [0, 0.1) is 5.92 Å². The van der Waals surface area contributed by atoms with Crippen molar-refractivity contribution in [2.75, 3.05) is 0 Å². The molecule has 14 heavy (non-hydrogen) atoms. The van der Waals surface area contributed by atoms with Gasteiger partial charge in [0.2, 0.25) is 5.91 Å².